The molecule has 0 unspecified atom stereocenters. The molecule has 0 bridgehead atoms. The number of nitrogens with one attached hydrogen (secondary N) is 1. The molecule has 0 aliphatic heterocycles. The Balaban J connectivity index is 1.94. The number of aromatic nitrogens is 2. The van der Waals surface area contributed by atoms with Gasteiger partial charge in [0, 0.05) is 23.3 Å². The van der Waals surface area contributed by atoms with Gasteiger partial charge in [0.25, 0.3) is 0 Å². The Bertz CT molecular complexity index is 560. The summed E-state index contributed by atoms with van der Waals surface area (Å²) in [6, 6.07) is 8.43. The molecule has 5 heteroatoms. The van der Waals surface area contributed by atoms with Crippen molar-refractivity contribution in [3.63, 3.8) is 0 Å². The van der Waals surface area contributed by atoms with Crippen LogP contribution in [0.3, 0.4) is 0 Å². The third-order valence-corrected chi connectivity index (χ3v) is 3.12. The Morgan fingerprint density at radius 1 is 1.30 bits per heavy atom. The fourth-order valence-corrected chi connectivity index (χ4v) is 2.08. The van der Waals surface area contributed by atoms with Crippen LogP contribution in [0.2, 0.25) is 0 Å². The molecular weight excluding hydrogens is 318 g/mol. The molecular formula is C15H18BrN3O. The van der Waals surface area contributed by atoms with Crippen molar-refractivity contribution in [3.05, 3.63) is 52.4 Å². The summed E-state index contributed by atoms with van der Waals surface area (Å²) in [5.41, 5.74) is 1.97. The Kier molecular flexibility index (Phi) is 5.49. The van der Waals surface area contributed by atoms with Crippen molar-refractivity contribution in [2.45, 2.75) is 33.0 Å². The lowest BCUT2D eigenvalue weighted by Gasteiger charge is -2.09. The molecule has 0 fully saturated rings. The zero-order valence-electron chi connectivity index (χ0n) is 11.6. The second-order valence-corrected chi connectivity index (χ2v) is 5.72. The molecule has 0 amide bonds. The van der Waals surface area contributed by atoms with Crippen molar-refractivity contribution < 1.29 is 4.74 Å². The van der Waals surface area contributed by atoms with Crippen molar-refractivity contribution in [1.82, 2.24) is 15.3 Å². The highest BCUT2D eigenvalue weighted by Gasteiger charge is 2.02. The fraction of sp³-hybridized carbons (Fsp3) is 0.333. The number of halogens is 1. The summed E-state index contributed by atoms with van der Waals surface area (Å²) in [6.07, 6.45) is 3.39. The number of hydrogen-bond donors (Lipinski definition) is 1. The molecule has 0 atom stereocenters. The molecule has 0 aliphatic carbocycles. The SMILES string of the molecule is CC(C)NCc1cncc(OCc2cccc(Br)c2)n1. The van der Waals surface area contributed by atoms with Crippen LogP contribution in [0.25, 0.3) is 0 Å². The summed E-state index contributed by atoms with van der Waals surface area (Å²) in [5, 5.41) is 3.31. The van der Waals surface area contributed by atoms with Gasteiger partial charge in [-0.25, -0.2) is 4.98 Å². The number of ether oxygens (including phenoxy) is 1. The molecule has 1 aromatic heterocycles. The van der Waals surface area contributed by atoms with E-state index in [2.05, 4.69) is 45.1 Å². The van der Waals surface area contributed by atoms with Gasteiger partial charge in [-0.2, -0.15) is 0 Å². The molecule has 20 heavy (non-hydrogen) atoms. The van der Waals surface area contributed by atoms with E-state index in [0.717, 1.165) is 15.7 Å². The van der Waals surface area contributed by atoms with Gasteiger partial charge in [0.05, 0.1) is 11.9 Å². The molecule has 0 saturated heterocycles. The first kappa shape index (κ1) is 14.9. The molecule has 1 heterocycles. The van der Waals surface area contributed by atoms with E-state index in [9.17, 15) is 0 Å². The Hall–Kier alpha value is -1.46. The molecule has 1 aromatic carbocycles. The first-order valence-corrected chi connectivity index (χ1v) is 7.34. The van der Waals surface area contributed by atoms with Gasteiger partial charge >= 0.3 is 0 Å². The van der Waals surface area contributed by atoms with Gasteiger partial charge in [-0.05, 0) is 17.7 Å². The molecule has 106 valence electrons. The summed E-state index contributed by atoms with van der Waals surface area (Å²) in [6.45, 7) is 5.37. The lowest BCUT2D eigenvalue weighted by Crippen LogP contribution is -2.22. The predicted octanol–water partition coefficient (Wildman–Crippen LogP) is 3.32. The van der Waals surface area contributed by atoms with E-state index >= 15 is 0 Å². The van der Waals surface area contributed by atoms with Gasteiger partial charge in [0.2, 0.25) is 5.88 Å². The minimum absolute atomic E-state index is 0.419. The van der Waals surface area contributed by atoms with Crippen molar-refractivity contribution in [2.75, 3.05) is 0 Å². The Morgan fingerprint density at radius 3 is 2.90 bits per heavy atom. The van der Waals surface area contributed by atoms with Crippen LogP contribution in [-0.4, -0.2) is 16.0 Å². The number of hydrogen-bond acceptors (Lipinski definition) is 4. The Labute approximate surface area is 127 Å². The van der Waals surface area contributed by atoms with Crippen LogP contribution in [-0.2, 0) is 13.2 Å². The minimum atomic E-state index is 0.419. The minimum Gasteiger partial charge on any atom is -0.472 e. The molecule has 0 saturated carbocycles. The van der Waals surface area contributed by atoms with Crippen LogP contribution >= 0.6 is 15.9 Å². The number of rotatable bonds is 6. The smallest absolute Gasteiger partial charge is 0.232 e. The standard InChI is InChI=1S/C15H18BrN3O/c1-11(2)18-8-14-7-17-9-15(19-14)20-10-12-4-3-5-13(16)6-12/h3-7,9,11,18H,8,10H2,1-2H3. The van der Waals surface area contributed by atoms with Gasteiger partial charge in [0.15, 0.2) is 0 Å². The molecule has 2 aromatic rings. The summed E-state index contributed by atoms with van der Waals surface area (Å²) in [5.74, 6) is 0.549. The highest BCUT2D eigenvalue weighted by Crippen LogP contribution is 2.14. The first-order chi connectivity index (χ1) is 9.63. The average molecular weight is 336 g/mol. The third kappa shape index (κ3) is 4.90. The zero-order chi connectivity index (χ0) is 14.4. The van der Waals surface area contributed by atoms with E-state index in [-0.39, 0.29) is 0 Å². The molecule has 4 nitrogen and oxygen atoms in total. The predicted molar refractivity (Wildman–Crippen MR) is 82.5 cm³/mol. The van der Waals surface area contributed by atoms with E-state index in [4.69, 9.17) is 4.74 Å². The highest BCUT2D eigenvalue weighted by molar-refractivity contribution is 9.10. The first-order valence-electron chi connectivity index (χ1n) is 6.55. The maximum absolute atomic E-state index is 5.67. The molecule has 2 rings (SSSR count). The van der Waals surface area contributed by atoms with Crippen molar-refractivity contribution in [1.29, 1.82) is 0 Å². The maximum atomic E-state index is 5.67. The lowest BCUT2D eigenvalue weighted by atomic mass is 10.2. The van der Waals surface area contributed by atoms with Crippen LogP contribution in [0.15, 0.2) is 41.1 Å². The second-order valence-electron chi connectivity index (χ2n) is 4.80. The fourth-order valence-electron chi connectivity index (χ4n) is 1.63. The van der Waals surface area contributed by atoms with Crippen LogP contribution in [0, 0.1) is 0 Å². The monoisotopic (exact) mass is 335 g/mol. The largest absolute Gasteiger partial charge is 0.472 e. The van der Waals surface area contributed by atoms with Crippen molar-refractivity contribution in [3.8, 4) is 5.88 Å². The van der Waals surface area contributed by atoms with E-state index in [1.54, 1.807) is 12.4 Å². The van der Waals surface area contributed by atoms with E-state index in [0.29, 0.717) is 25.1 Å². The number of benzene rings is 1. The van der Waals surface area contributed by atoms with Crippen LogP contribution < -0.4 is 10.1 Å². The van der Waals surface area contributed by atoms with E-state index in [1.807, 2.05) is 24.3 Å². The second kappa shape index (κ2) is 7.36. The van der Waals surface area contributed by atoms with Crippen molar-refractivity contribution >= 4 is 15.9 Å². The van der Waals surface area contributed by atoms with Gasteiger partial charge in [-0.1, -0.05) is 41.9 Å². The summed E-state index contributed by atoms with van der Waals surface area (Å²) >= 11 is 3.44. The molecule has 0 radical (unpaired) electrons. The van der Waals surface area contributed by atoms with Gasteiger partial charge in [-0.15, -0.1) is 0 Å². The maximum Gasteiger partial charge on any atom is 0.232 e. The average Bonchev–Trinajstić information content (AvgIpc) is 2.43. The quantitative estimate of drug-likeness (QED) is 0.879. The normalized spacial score (nSPS) is 10.8. The topological polar surface area (TPSA) is 47.0 Å². The van der Waals surface area contributed by atoms with Gasteiger partial charge < -0.3 is 10.1 Å². The van der Waals surface area contributed by atoms with E-state index in [1.165, 1.54) is 0 Å². The highest BCUT2D eigenvalue weighted by atomic mass is 79.9. The summed E-state index contributed by atoms with van der Waals surface area (Å²) in [7, 11) is 0. The Morgan fingerprint density at radius 2 is 2.15 bits per heavy atom. The molecule has 0 spiro atoms. The van der Waals surface area contributed by atoms with Crippen LogP contribution in [0.5, 0.6) is 5.88 Å². The third-order valence-electron chi connectivity index (χ3n) is 2.63. The molecule has 0 aliphatic rings. The summed E-state index contributed by atoms with van der Waals surface area (Å²) in [4.78, 5) is 8.58. The van der Waals surface area contributed by atoms with Gasteiger partial charge in [0.1, 0.15) is 6.61 Å². The van der Waals surface area contributed by atoms with Gasteiger partial charge in [-0.3, -0.25) is 4.98 Å². The lowest BCUT2D eigenvalue weighted by molar-refractivity contribution is 0.291. The van der Waals surface area contributed by atoms with E-state index < -0.39 is 0 Å². The van der Waals surface area contributed by atoms with Crippen LogP contribution in [0.1, 0.15) is 25.1 Å². The van der Waals surface area contributed by atoms with Crippen molar-refractivity contribution in [2.24, 2.45) is 0 Å². The molecule has 1 N–H and O–H groups in total. The summed E-state index contributed by atoms with van der Waals surface area (Å²) < 4.78 is 6.71. The van der Waals surface area contributed by atoms with Crippen LogP contribution in [0.4, 0.5) is 0 Å². The zero-order valence-corrected chi connectivity index (χ0v) is 13.2. The number of nitrogens with zero attached hydrogens (tertiary/aromatic N) is 2.